The molecule has 8 nitrogen and oxygen atoms in total. The van der Waals surface area contributed by atoms with Crippen molar-refractivity contribution in [1.82, 2.24) is 15.5 Å². The zero-order chi connectivity index (χ0) is 24.3. The largest absolute Gasteiger partial charge is 0.418 e. The summed E-state index contributed by atoms with van der Waals surface area (Å²) < 4.78 is 45.0. The number of amides is 4. The van der Waals surface area contributed by atoms with Gasteiger partial charge in [0.05, 0.1) is 30.5 Å². The molecule has 180 valence electrons. The topological polar surface area (TPSA) is 99.8 Å². The minimum Gasteiger partial charge on any atom is -0.374 e. The number of halogens is 3. The van der Waals surface area contributed by atoms with Gasteiger partial charge in [-0.1, -0.05) is 42.5 Å². The Hall–Kier alpha value is -3.60. The summed E-state index contributed by atoms with van der Waals surface area (Å²) in [6.45, 7) is 0.351. The molecule has 0 radical (unpaired) electrons. The van der Waals surface area contributed by atoms with Gasteiger partial charge >= 0.3 is 12.2 Å². The zero-order valence-electron chi connectivity index (χ0n) is 18.0. The summed E-state index contributed by atoms with van der Waals surface area (Å²) in [6.07, 6.45) is -4.47. The average Bonchev–Trinajstić information content (AvgIpc) is 3.22. The normalized spacial score (nSPS) is 22.2. The molecule has 3 atom stereocenters. The highest BCUT2D eigenvalue weighted by Gasteiger charge is 2.47. The molecule has 2 heterocycles. The van der Waals surface area contributed by atoms with Crippen LogP contribution in [0.3, 0.4) is 0 Å². The highest BCUT2D eigenvalue weighted by molar-refractivity contribution is 5.98. The monoisotopic (exact) mass is 476 g/mol. The fourth-order valence-electron chi connectivity index (χ4n) is 4.13. The van der Waals surface area contributed by atoms with E-state index in [1.165, 1.54) is 17.0 Å². The van der Waals surface area contributed by atoms with E-state index in [2.05, 4.69) is 16.0 Å². The molecule has 4 amide bonds. The van der Waals surface area contributed by atoms with Crippen molar-refractivity contribution in [2.75, 3.05) is 18.5 Å². The van der Waals surface area contributed by atoms with Gasteiger partial charge < -0.3 is 25.6 Å². The van der Waals surface area contributed by atoms with Crippen LogP contribution in [0.4, 0.5) is 23.7 Å². The molecule has 2 aliphatic rings. The number of para-hydroxylation sites is 1. The number of rotatable bonds is 6. The molecule has 2 aliphatic heterocycles. The van der Waals surface area contributed by atoms with Crippen molar-refractivity contribution in [2.24, 2.45) is 0 Å². The van der Waals surface area contributed by atoms with Crippen LogP contribution in [0.2, 0.25) is 0 Å². The third-order valence-electron chi connectivity index (χ3n) is 5.71. The average molecular weight is 476 g/mol. The van der Waals surface area contributed by atoms with Crippen molar-refractivity contribution in [2.45, 2.75) is 37.3 Å². The molecule has 0 spiro atoms. The standard InChI is InChI=1S/C23H23F3N4O4/c24-23(25,26)16-8-4-5-9-17(16)29-22(33)27-15-10-19-20(31)28-18(21(32)30(19)11-15)13-34-12-14-6-2-1-3-7-14/h1-9,15,18-19H,10-13H2,(H,28,31)(H2,27,29,33)/t15-,18-,19-/m0/s1. The van der Waals surface area contributed by atoms with Crippen LogP contribution in [0.5, 0.6) is 0 Å². The maximum absolute atomic E-state index is 13.1. The SMILES string of the molecule is O=C(Nc1ccccc1C(F)(F)F)N[C@H]1C[C@H]2C(=O)N[C@@H](COCc3ccccc3)C(=O)N2C1. The lowest BCUT2D eigenvalue weighted by molar-refractivity contribution is -0.148. The lowest BCUT2D eigenvalue weighted by Gasteiger charge is -2.34. The zero-order valence-corrected chi connectivity index (χ0v) is 18.0. The number of piperazine rings is 1. The van der Waals surface area contributed by atoms with Gasteiger partial charge in [-0.15, -0.1) is 0 Å². The van der Waals surface area contributed by atoms with E-state index in [4.69, 9.17) is 4.74 Å². The first-order valence-corrected chi connectivity index (χ1v) is 10.7. The van der Waals surface area contributed by atoms with Gasteiger partial charge in [-0.05, 0) is 24.1 Å². The van der Waals surface area contributed by atoms with Gasteiger partial charge in [0.15, 0.2) is 0 Å². The van der Waals surface area contributed by atoms with Crippen molar-refractivity contribution in [3.8, 4) is 0 Å². The van der Waals surface area contributed by atoms with Crippen molar-refractivity contribution in [1.29, 1.82) is 0 Å². The summed E-state index contributed by atoms with van der Waals surface area (Å²) in [5.74, 6) is -0.690. The molecular formula is C23H23F3N4O4. The van der Waals surface area contributed by atoms with Crippen LogP contribution >= 0.6 is 0 Å². The van der Waals surface area contributed by atoms with E-state index in [-0.39, 0.29) is 43.7 Å². The smallest absolute Gasteiger partial charge is 0.374 e. The first-order valence-electron chi connectivity index (χ1n) is 10.7. The van der Waals surface area contributed by atoms with E-state index in [9.17, 15) is 27.6 Å². The van der Waals surface area contributed by atoms with Gasteiger partial charge in [0.25, 0.3) is 0 Å². The minimum atomic E-state index is -4.63. The summed E-state index contributed by atoms with van der Waals surface area (Å²) in [4.78, 5) is 39.1. The Morgan fingerprint density at radius 3 is 2.53 bits per heavy atom. The molecule has 2 fully saturated rings. The first-order chi connectivity index (χ1) is 16.2. The van der Waals surface area contributed by atoms with E-state index in [1.54, 1.807) is 0 Å². The lowest BCUT2D eigenvalue weighted by Crippen LogP contribution is -2.62. The summed E-state index contributed by atoms with van der Waals surface area (Å²) in [5.41, 5.74) is -0.423. The molecule has 0 bridgehead atoms. The molecule has 0 aliphatic carbocycles. The van der Waals surface area contributed by atoms with Crippen molar-refractivity contribution < 1.29 is 32.3 Å². The fraction of sp³-hybridized carbons (Fsp3) is 0.348. The number of nitrogens with zero attached hydrogens (tertiary/aromatic N) is 1. The number of alkyl halides is 3. The first kappa shape index (κ1) is 23.6. The van der Waals surface area contributed by atoms with Gasteiger partial charge in [0.1, 0.15) is 12.1 Å². The van der Waals surface area contributed by atoms with Crippen LogP contribution in [0.15, 0.2) is 54.6 Å². The van der Waals surface area contributed by atoms with Crippen LogP contribution in [0, 0.1) is 0 Å². The van der Waals surface area contributed by atoms with Gasteiger partial charge in [-0.2, -0.15) is 13.2 Å². The van der Waals surface area contributed by atoms with Gasteiger partial charge in [-0.3, -0.25) is 9.59 Å². The number of nitrogens with one attached hydrogen (secondary N) is 3. The predicted octanol–water partition coefficient (Wildman–Crippen LogP) is 2.51. The summed E-state index contributed by atoms with van der Waals surface area (Å²) in [6, 6.07) is 10.9. The van der Waals surface area contributed by atoms with Gasteiger partial charge in [0, 0.05) is 6.54 Å². The molecule has 4 rings (SSSR count). The number of anilines is 1. The molecule has 2 aromatic rings. The molecule has 2 aromatic carbocycles. The van der Waals surface area contributed by atoms with E-state index in [1.807, 2.05) is 30.3 Å². The number of carbonyl (C=O) groups excluding carboxylic acids is 3. The third-order valence-corrected chi connectivity index (χ3v) is 5.71. The molecule has 0 saturated carbocycles. The number of fused-ring (bicyclic) bond motifs is 1. The third kappa shape index (κ3) is 5.30. The number of carbonyl (C=O) groups is 3. The molecule has 34 heavy (non-hydrogen) atoms. The molecule has 0 unspecified atom stereocenters. The second-order valence-electron chi connectivity index (χ2n) is 8.14. The fourth-order valence-corrected chi connectivity index (χ4v) is 4.13. The van der Waals surface area contributed by atoms with Crippen LogP contribution in [-0.2, 0) is 27.1 Å². The molecular weight excluding hydrogens is 453 g/mol. The van der Waals surface area contributed by atoms with Crippen LogP contribution in [0.25, 0.3) is 0 Å². The highest BCUT2D eigenvalue weighted by Crippen LogP contribution is 2.34. The van der Waals surface area contributed by atoms with E-state index in [0.29, 0.717) is 0 Å². The second-order valence-corrected chi connectivity index (χ2v) is 8.14. The lowest BCUT2D eigenvalue weighted by atomic mass is 10.1. The Bertz CT molecular complexity index is 1060. The number of hydrogen-bond donors (Lipinski definition) is 3. The quantitative estimate of drug-likeness (QED) is 0.597. The van der Waals surface area contributed by atoms with Gasteiger partial charge in [-0.25, -0.2) is 4.79 Å². The minimum absolute atomic E-state index is 0.00447. The van der Waals surface area contributed by atoms with Gasteiger partial charge in [0.2, 0.25) is 11.8 Å². The Labute approximate surface area is 193 Å². The van der Waals surface area contributed by atoms with Crippen molar-refractivity contribution in [3.63, 3.8) is 0 Å². The van der Waals surface area contributed by atoms with Crippen LogP contribution in [0.1, 0.15) is 17.5 Å². The molecule has 0 aromatic heterocycles. The summed E-state index contributed by atoms with van der Waals surface area (Å²) in [5, 5.41) is 7.42. The number of ether oxygens (including phenoxy) is 1. The maximum Gasteiger partial charge on any atom is 0.418 e. The van der Waals surface area contributed by atoms with E-state index >= 15 is 0 Å². The second kappa shape index (κ2) is 9.72. The Balaban J connectivity index is 1.32. The molecule has 11 heteroatoms. The number of benzene rings is 2. The van der Waals surface area contributed by atoms with E-state index in [0.717, 1.165) is 17.7 Å². The van der Waals surface area contributed by atoms with Crippen LogP contribution in [-0.4, -0.2) is 54.0 Å². The van der Waals surface area contributed by atoms with Crippen LogP contribution < -0.4 is 16.0 Å². The Kier molecular flexibility index (Phi) is 6.73. The molecule has 3 N–H and O–H groups in total. The summed E-state index contributed by atoms with van der Waals surface area (Å²) in [7, 11) is 0. The van der Waals surface area contributed by atoms with Crippen molar-refractivity contribution in [3.05, 3.63) is 65.7 Å². The Morgan fingerprint density at radius 2 is 1.79 bits per heavy atom. The van der Waals surface area contributed by atoms with E-state index < -0.39 is 35.9 Å². The Morgan fingerprint density at radius 1 is 1.09 bits per heavy atom. The predicted molar refractivity (Wildman–Crippen MR) is 116 cm³/mol. The highest BCUT2D eigenvalue weighted by atomic mass is 19.4. The summed E-state index contributed by atoms with van der Waals surface area (Å²) >= 11 is 0. The molecule has 2 saturated heterocycles. The number of hydrogen-bond acceptors (Lipinski definition) is 4. The maximum atomic E-state index is 13.1. The van der Waals surface area contributed by atoms with Crippen molar-refractivity contribution >= 4 is 23.5 Å². The number of urea groups is 1.